The summed E-state index contributed by atoms with van der Waals surface area (Å²) in [5.41, 5.74) is 3.26. The van der Waals surface area contributed by atoms with Gasteiger partial charge in [0.05, 0.1) is 18.9 Å². The summed E-state index contributed by atoms with van der Waals surface area (Å²) in [4.78, 5) is 18.4. The number of aliphatic hydroxyl groups is 1. The maximum absolute atomic E-state index is 9.71. The van der Waals surface area contributed by atoms with Crippen LogP contribution in [0.15, 0.2) is 48.5 Å². The minimum atomic E-state index is -0.512. The molecular formula is C25H33N7O2. The van der Waals surface area contributed by atoms with E-state index in [9.17, 15) is 5.11 Å². The molecule has 4 rings (SSSR count). The Hall–Kier alpha value is -3.59. The first-order chi connectivity index (χ1) is 16.6. The molecule has 1 aliphatic heterocycles. The molecule has 1 unspecified atom stereocenters. The predicted octanol–water partition coefficient (Wildman–Crippen LogP) is 3.31. The van der Waals surface area contributed by atoms with E-state index >= 15 is 0 Å². The number of hydrogen-bond acceptors (Lipinski definition) is 9. The molecule has 0 amide bonds. The molecule has 2 heterocycles. The van der Waals surface area contributed by atoms with Crippen LogP contribution in [0.3, 0.4) is 0 Å². The third-order valence-corrected chi connectivity index (χ3v) is 5.81. The van der Waals surface area contributed by atoms with Crippen LogP contribution in [0.5, 0.6) is 5.75 Å². The zero-order valence-electron chi connectivity index (χ0n) is 20.0. The van der Waals surface area contributed by atoms with Gasteiger partial charge in [0.15, 0.2) is 0 Å². The average molecular weight is 464 g/mol. The van der Waals surface area contributed by atoms with Gasteiger partial charge in [0.2, 0.25) is 17.8 Å². The van der Waals surface area contributed by atoms with E-state index in [0.29, 0.717) is 24.4 Å². The molecule has 34 heavy (non-hydrogen) atoms. The summed E-state index contributed by atoms with van der Waals surface area (Å²) in [5, 5.41) is 16.2. The summed E-state index contributed by atoms with van der Waals surface area (Å²) in [6.07, 6.45) is 0.390. The van der Waals surface area contributed by atoms with Crippen molar-refractivity contribution in [2.24, 2.45) is 0 Å². The number of aliphatic hydroxyl groups excluding tert-OH is 1. The number of methoxy groups -OCH3 is 1. The Bertz CT molecular complexity index is 1080. The highest BCUT2D eigenvalue weighted by Crippen LogP contribution is 2.29. The number of benzene rings is 2. The van der Waals surface area contributed by atoms with E-state index in [1.165, 1.54) is 5.56 Å². The van der Waals surface area contributed by atoms with Crippen LogP contribution in [0.25, 0.3) is 0 Å². The number of piperazine rings is 1. The topological polar surface area (TPSA) is 98.7 Å². The minimum Gasteiger partial charge on any atom is -0.495 e. The normalized spacial score (nSPS) is 14.6. The van der Waals surface area contributed by atoms with Gasteiger partial charge in [-0.2, -0.15) is 15.0 Å². The molecule has 3 N–H and O–H groups in total. The first-order valence-corrected chi connectivity index (χ1v) is 11.7. The number of anilines is 5. The second kappa shape index (κ2) is 11.0. The zero-order valence-corrected chi connectivity index (χ0v) is 20.0. The smallest absolute Gasteiger partial charge is 0.233 e. The standard InChI is InChI=1S/C25H33N7O2/c1-4-19-9-5-6-10-20(19)27-24-28-23(26-17-18(2)33)29-25(30-24)32-15-13-31(14-16-32)21-11-7-8-12-22(21)34-3/h5-12,18,33H,4,13-17H2,1-3H3,(H2,26,27,28,29,30). The monoisotopic (exact) mass is 463 g/mol. The van der Waals surface area contributed by atoms with Crippen LogP contribution in [0, 0.1) is 0 Å². The predicted molar refractivity (Wildman–Crippen MR) is 137 cm³/mol. The molecule has 0 saturated carbocycles. The largest absolute Gasteiger partial charge is 0.495 e. The number of hydrogen-bond donors (Lipinski definition) is 3. The molecular weight excluding hydrogens is 430 g/mol. The van der Waals surface area contributed by atoms with E-state index in [1.807, 2.05) is 36.4 Å². The van der Waals surface area contributed by atoms with Gasteiger partial charge in [0, 0.05) is 38.4 Å². The number of para-hydroxylation sites is 3. The number of ether oxygens (including phenoxy) is 1. The third kappa shape index (κ3) is 5.66. The summed E-state index contributed by atoms with van der Waals surface area (Å²) >= 11 is 0. The minimum absolute atomic E-state index is 0.357. The second-order valence-electron chi connectivity index (χ2n) is 8.29. The van der Waals surface area contributed by atoms with Gasteiger partial charge in [-0.15, -0.1) is 0 Å². The van der Waals surface area contributed by atoms with Crippen molar-refractivity contribution in [1.29, 1.82) is 0 Å². The Morgan fingerprint density at radius 3 is 2.35 bits per heavy atom. The number of aryl methyl sites for hydroxylation is 1. The lowest BCUT2D eigenvalue weighted by molar-refractivity contribution is 0.208. The van der Waals surface area contributed by atoms with Crippen LogP contribution in [0.2, 0.25) is 0 Å². The van der Waals surface area contributed by atoms with Crippen LogP contribution in [-0.2, 0) is 6.42 Å². The summed E-state index contributed by atoms with van der Waals surface area (Å²) in [7, 11) is 1.70. The Morgan fingerprint density at radius 2 is 1.62 bits per heavy atom. The quantitative estimate of drug-likeness (QED) is 0.441. The van der Waals surface area contributed by atoms with Gasteiger partial charge in [-0.05, 0) is 37.1 Å². The fraction of sp³-hybridized carbons (Fsp3) is 0.400. The van der Waals surface area contributed by atoms with E-state index in [4.69, 9.17) is 9.72 Å². The van der Waals surface area contributed by atoms with Crippen molar-refractivity contribution in [1.82, 2.24) is 15.0 Å². The van der Waals surface area contributed by atoms with E-state index in [2.05, 4.69) is 49.5 Å². The van der Waals surface area contributed by atoms with E-state index < -0.39 is 6.10 Å². The molecule has 3 aromatic rings. The highest BCUT2D eigenvalue weighted by Gasteiger charge is 2.22. The van der Waals surface area contributed by atoms with Gasteiger partial charge in [-0.3, -0.25) is 0 Å². The van der Waals surface area contributed by atoms with Crippen molar-refractivity contribution in [2.45, 2.75) is 26.4 Å². The van der Waals surface area contributed by atoms with Crippen LogP contribution in [0.4, 0.5) is 29.2 Å². The van der Waals surface area contributed by atoms with Crippen LogP contribution in [-0.4, -0.2) is 66.0 Å². The summed E-state index contributed by atoms with van der Waals surface area (Å²) in [6.45, 7) is 7.38. The second-order valence-corrected chi connectivity index (χ2v) is 8.29. The molecule has 1 fully saturated rings. The van der Waals surface area contributed by atoms with Gasteiger partial charge in [-0.1, -0.05) is 37.3 Å². The maximum Gasteiger partial charge on any atom is 0.233 e. The molecule has 1 atom stereocenters. The molecule has 180 valence electrons. The van der Waals surface area contributed by atoms with E-state index in [-0.39, 0.29) is 0 Å². The van der Waals surface area contributed by atoms with Crippen molar-refractivity contribution in [3.63, 3.8) is 0 Å². The first kappa shape index (κ1) is 23.6. The SMILES string of the molecule is CCc1ccccc1Nc1nc(NCC(C)O)nc(N2CCN(c3ccccc3OC)CC2)n1. The van der Waals surface area contributed by atoms with Gasteiger partial charge in [0.25, 0.3) is 0 Å². The maximum atomic E-state index is 9.71. The van der Waals surface area contributed by atoms with Crippen molar-refractivity contribution in [3.8, 4) is 5.75 Å². The third-order valence-electron chi connectivity index (χ3n) is 5.81. The molecule has 9 nitrogen and oxygen atoms in total. The van der Waals surface area contributed by atoms with Crippen LogP contribution >= 0.6 is 0 Å². The van der Waals surface area contributed by atoms with Crippen molar-refractivity contribution in [2.75, 3.05) is 60.3 Å². The summed E-state index contributed by atoms with van der Waals surface area (Å²) < 4.78 is 5.54. The highest BCUT2D eigenvalue weighted by molar-refractivity contribution is 5.61. The zero-order chi connectivity index (χ0) is 23.9. The Morgan fingerprint density at radius 1 is 0.941 bits per heavy atom. The molecule has 0 spiro atoms. The Kier molecular flexibility index (Phi) is 7.64. The fourth-order valence-electron chi connectivity index (χ4n) is 3.99. The molecule has 0 radical (unpaired) electrons. The van der Waals surface area contributed by atoms with Crippen LogP contribution < -0.4 is 25.2 Å². The van der Waals surface area contributed by atoms with Gasteiger partial charge < -0.3 is 30.3 Å². The van der Waals surface area contributed by atoms with E-state index in [0.717, 1.165) is 49.7 Å². The molecule has 0 bridgehead atoms. The van der Waals surface area contributed by atoms with Crippen molar-refractivity contribution < 1.29 is 9.84 Å². The lowest BCUT2D eigenvalue weighted by Gasteiger charge is -2.36. The Labute approximate surface area is 200 Å². The summed E-state index contributed by atoms with van der Waals surface area (Å²) in [5.74, 6) is 2.40. The number of nitrogens with zero attached hydrogens (tertiary/aromatic N) is 5. The Balaban J connectivity index is 1.54. The molecule has 1 aliphatic rings. The molecule has 1 aromatic heterocycles. The van der Waals surface area contributed by atoms with E-state index in [1.54, 1.807) is 14.0 Å². The molecule has 1 saturated heterocycles. The average Bonchev–Trinajstić information content (AvgIpc) is 2.87. The highest BCUT2D eigenvalue weighted by atomic mass is 16.5. The number of rotatable bonds is 9. The molecule has 9 heteroatoms. The van der Waals surface area contributed by atoms with Crippen LogP contribution in [0.1, 0.15) is 19.4 Å². The molecule has 0 aliphatic carbocycles. The van der Waals surface area contributed by atoms with Crippen molar-refractivity contribution in [3.05, 3.63) is 54.1 Å². The lowest BCUT2D eigenvalue weighted by atomic mass is 10.1. The van der Waals surface area contributed by atoms with Gasteiger partial charge >= 0.3 is 0 Å². The van der Waals surface area contributed by atoms with Gasteiger partial charge in [0.1, 0.15) is 5.75 Å². The first-order valence-electron chi connectivity index (χ1n) is 11.7. The number of aromatic nitrogens is 3. The number of nitrogens with one attached hydrogen (secondary N) is 2. The lowest BCUT2D eigenvalue weighted by Crippen LogP contribution is -2.47. The van der Waals surface area contributed by atoms with Crippen molar-refractivity contribution >= 4 is 29.2 Å². The fourth-order valence-corrected chi connectivity index (χ4v) is 3.99. The van der Waals surface area contributed by atoms with Gasteiger partial charge in [-0.25, -0.2) is 0 Å². The summed E-state index contributed by atoms with van der Waals surface area (Å²) in [6, 6.07) is 16.2. The molecule has 2 aromatic carbocycles.